The zero-order valence-electron chi connectivity index (χ0n) is 11.6. The van der Waals surface area contributed by atoms with E-state index in [9.17, 15) is 4.79 Å². The highest BCUT2D eigenvalue weighted by Crippen LogP contribution is 2.19. The van der Waals surface area contributed by atoms with Crippen LogP contribution in [-0.2, 0) is 0 Å². The monoisotopic (exact) mass is 392 g/mol. The molecule has 0 radical (unpaired) electrons. The van der Waals surface area contributed by atoms with Crippen LogP contribution < -0.4 is 10.9 Å². The second kappa shape index (κ2) is 6.80. The van der Waals surface area contributed by atoms with Crippen LogP contribution in [0.2, 0.25) is 5.02 Å². The fourth-order valence-corrected chi connectivity index (χ4v) is 2.33. The molecule has 0 spiro atoms. The minimum Gasteiger partial charge on any atom is -0.313 e. The molecule has 0 bridgehead atoms. The van der Waals surface area contributed by atoms with Gasteiger partial charge < -0.3 is 4.52 Å². The number of benzene rings is 2. The van der Waals surface area contributed by atoms with Crippen molar-refractivity contribution in [2.45, 2.75) is 0 Å². The highest BCUT2D eigenvalue weighted by molar-refractivity contribution is 9.10. The van der Waals surface area contributed by atoms with Crippen LogP contribution in [0.25, 0.3) is 11.4 Å². The van der Waals surface area contributed by atoms with E-state index in [-0.39, 0.29) is 11.9 Å². The highest BCUT2D eigenvalue weighted by atomic mass is 79.9. The maximum absolute atomic E-state index is 12.0. The summed E-state index contributed by atoms with van der Waals surface area (Å²) in [5.74, 6) is 0.0680. The van der Waals surface area contributed by atoms with Gasteiger partial charge in [0.15, 0.2) is 0 Å². The lowest BCUT2D eigenvalue weighted by Gasteiger charge is -2.04. The molecule has 2 N–H and O–H groups in total. The van der Waals surface area contributed by atoms with Gasteiger partial charge in [0.25, 0.3) is 5.91 Å². The van der Waals surface area contributed by atoms with Gasteiger partial charge in [-0.3, -0.25) is 10.2 Å². The number of rotatable bonds is 4. The number of nitrogens with zero attached hydrogens (tertiary/aromatic N) is 2. The van der Waals surface area contributed by atoms with Crippen LogP contribution in [0.15, 0.2) is 57.5 Å². The van der Waals surface area contributed by atoms with Crippen molar-refractivity contribution in [1.29, 1.82) is 0 Å². The lowest BCUT2D eigenvalue weighted by molar-refractivity contribution is 0.0961. The van der Waals surface area contributed by atoms with Gasteiger partial charge in [0, 0.05) is 20.6 Å². The molecule has 0 saturated carbocycles. The third kappa shape index (κ3) is 3.88. The van der Waals surface area contributed by atoms with Crippen LogP contribution in [0.5, 0.6) is 0 Å². The normalized spacial score (nSPS) is 10.3. The Labute approximate surface area is 144 Å². The first-order valence-electron chi connectivity index (χ1n) is 6.53. The standard InChI is InChI=1S/C15H10BrClN4O2/c16-11-3-1-2-10(8-11)14(22)19-20-15-18-13(21-23-15)9-4-6-12(17)7-5-9/h1-8H,(H,19,22)(H,18,20,21). The van der Waals surface area contributed by atoms with E-state index in [4.69, 9.17) is 16.1 Å². The number of halogens is 2. The van der Waals surface area contributed by atoms with Gasteiger partial charge in [-0.05, 0) is 42.5 Å². The minimum atomic E-state index is -0.322. The van der Waals surface area contributed by atoms with Crippen LogP contribution in [0, 0.1) is 0 Å². The van der Waals surface area contributed by atoms with E-state index in [1.807, 2.05) is 6.07 Å². The molecule has 116 valence electrons. The third-order valence-corrected chi connectivity index (χ3v) is 3.64. The predicted molar refractivity (Wildman–Crippen MR) is 90.0 cm³/mol. The van der Waals surface area contributed by atoms with Gasteiger partial charge in [-0.1, -0.05) is 38.8 Å². The molecule has 1 aromatic heterocycles. The average Bonchev–Trinajstić information content (AvgIpc) is 3.02. The number of aromatic nitrogens is 2. The smallest absolute Gasteiger partial charge is 0.313 e. The predicted octanol–water partition coefficient (Wildman–Crippen LogP) is 3.91. The fourth-order valence-electron chi connectivity index (χ4n) is 1.80. The van der Waals surface area contributed by atoms with Crippen LogP contribution in [-0.4, -0.2) is 16.0 Å². The molecule has 0 unspecified atom stereocenters. The Bertz CT molecular complexity index is 836. The average molecular weight is 394 g/mol. The molecule has 0 aliphatic heterocycles. The Balaban J connectivity index is 1.65. The first-order chi connectivity index (χ1) is 11.1. The first kappa shape index (κ1) is 15.5. The van der Waals surface area contributed by atoms with Crippen molar-refractivity contribution in [1.82, 2.24) is 15.6 Å². The van der Waals surface area contributed by atoms with E-state index in [2.05, 4.69) is 36.9 Å². The summed E-state index contributed by atoms with van der Waals surface area (Å²) in [6, 6.07) is 14.1. The number of anilines is 1. The quantitative estimate of drug-likeness (QED) is 0.657. The summed E-state index contributed by atoms with van der Waals surface area (Å²) in [4.78, 5) is 16.1. The number of nitrogens with one attached hydrogen (secondary N) is 2. The van der Waals surface area contributed by atoms with E-state index in [1.165, 1.54) is 0 Å². The number of carbonyl (C=O) groups excluding carboxylic acids is 1. The molecule has 0 atom stereocenters. The maximum atomic E-state index is 12.0. The topological polar surface area (TPSA) is 80.0 Å². The Morgan fingerprint density at radius 2 is 1.96 bits per heavy atom. The van der Waals surface area contributed by atoms with E-state index in [0.29, 0.717) is 16.4 Å². The number of hydrazine groups is 1. The van der Waals surface area contributed by atoms with Crippen LogP contribution in [0.3, 0.4) is 0 Å². The zero-order valence-corrected chi connectivity index (χ0v) is 13.9. The van der Waals surface area contributed by atoms with Crippen molar-refractivity contribution in [3.63, 3.8) is 0 Å². The molecular weight excluding hydrogens is 384 g/mol. The van der Waals surface area contributed by atoms with Gasteiger partial charge in [0.05, 0.1) is 0 Å². The molecule has 0 saturated heterocycles. The summed E-state index contributed by atoms with van der Waals surface area (Å²) in [6.07, 6.45) is 0. The van der Waals surface area contributed by atoms with Crippen LogP contribution in [0.1, 0.15) is 10.4 Å². The van der Waals surface area contributed by atoms with Crippen molar-refractivity contribution in [3.05, 3.63) is 63.6 Å². The van der Waals surface area contributed by atoms with Crippen molar-refractivity contribution >= 4 is 39.5 Å². The molecule has 1 amide bonds. The molecular formula is C15H10BrClN4O2. The SMILES string of the molecule is O=C(NNc1nc(-c2ccc(Cl)cc2)no1)c1cccc(Br)c1. The van der Waals surface area contributed by atoms with Crippen molar-refractivity contribution in [3.8, 4) is 11.4 Å². The number of carbonyl (C=O) groups is 1. The summed E-state index contributed by atoms with van der Waals surface area (Å²) >= 11 is 9.14. The van der Waals surface area contributed by atoms with Gasteiger partial charge in [-0.2, -0.15) is 4.98 Å². The summed E-state index contributed by atoms with van der Waals surface area (Å²) in [7, 11) is 0. The molecule has 0 aliphatic carbocycles. The Kier molecular flexibility index (Phi) is 4.59. The molecule has 1 heterocycles. The fraction of sp³-hybridized carbons (Fsp3) is 0. The number of hydrogen-bond donors (Lipinski definition) is 2. The molecule has 8 heteroatoms. The largest absolute Gasteiger partial charge is 0.340 e. The Morgan fingerprint density at radius 3 is 2.70 bits per heavy atom. The van der Waals surface area contributed by atoms with Crippen molar-refractivity contribution < 1.29 is 9.32 Å². The second-order valence-electron chi connectivity index (χ2n) is 4.52. The van der Waals surface area contributed by atoms with Crippen molar-refractivity contribution in [2.75, 3.05) is 5.43 Å². The van der Waals surface area contributed by atoms with E-state index in [0.717, 1.165) is 10.0 Å². The summed E-state index contributed by atoms with van der Waals surface area (Å²) in [5, 5.41) is 4.45. The van der Waals surface area contributed by atoms with Crippen LogP contribution >= 0.6 is 27.5 Å². The first-order valence-corrected chi connectivity index (χ1v) is 7.70. The summed E-state index contributed by atoms with van der Waals surface area (Å²) in [6.45, 7) is 0. The lowest BCUT2D eigenvalue weighted by Crippen LogP contribution is -2.29. The molecule has 6 nitrogen and oxygen atoms in total. The lowest BCUT2D eigenvalue weighted by atomic mass is 10.2. The Morgan fingerprint density at radius 1 is 1.17 bits per heavy atom. The minimum absolute atomic E-state index is 0.0818. The van der Waals surface area contributed by atoms with Gasteiger partial charge >= 0.3 is 6.01 Å². The molecule has 3 rings (SSSR count). The van der Waals surface area contributed by atoms with E-state index < -0.39 is 0 Å². The van der Waals surface area contributed by atoms with Gasteiger partial charge in [-0.15, -0.1) is 0 Å². The van der Waals surface area contributed by atoms with Crippen LogP contribution in [0.4, 0.5) is 6.01 Å². The van der Waals surface area contributed by atoms with Crippen molar-refractivity contribution in [2.24, 2.45) is 0 Å². The summed E-state index contributed by atoms with van der Waals surface area (Å²) < 4.78 is 5.84. The van der Waals surface area contributed by atoms with E-state index in [1.54, 1.807) is 42.5 Å². The highest BCUT2D eigenvalue weighted by Gasteiger charge is 2.10. The molecule has 2 aromatic carbocycles. The zero-order chi connectivity index (χ0) is 16.2. The molecule has 0 fully saturated rings. The molecule has 23 heavy (non-hydrogen) atoms. The Hall–Kier alpha value is -2.38. The third-order valence-electron chi connectivity index (χ3n) is 2.90. The maximum Gasteiger partial charge on any atom is 0.340 e. The second-order valence-corrected chi connectivity index (χ2v) is 5.87. The molecule has 3 aromatic rings. The van der Waals surface area contributed by atoms with Gasteiger partial charge in [0.1, 0.15) is 0 Å². The van der Waals surface area contributed by atoms with Gasteiger partial charge in [-0.25, -0.2) is 5.43 Å². The summed E-state index contributed by atoms with van der Waals surface area (Å²) in [5.41, 5.74) is 6.32. The molecule has 0 aliphatic rings. The van der Waals surface area contributed by atoms with Gasteiger partial charge in [0.2, 0.25) is 5.82 Å². The van der Waals surface area contributed by atoms with E-state index >= 15 is 0 Å². The number of amides is 1. The number of hydrogen-bond acceptors (Lipinski definition) is 5.